The second kappa shape index (κ2) is 9.44. The van der Waals surface area contributed by atoms with Crippen LogP contribution in [0.4, 0.5) is 0 Å². The molecular formula is C15H23BrIN3O2. The van der Waals surface area contributed by atoms with E-state index in [1.165, 1.54) is 0 Å². The van der Waals surface area contributed by atoms with Crippen molar-refractivity contribution in [1.82, 2.24) is 10.6 Å². The minimum absolute atomic E-state index is 0. The van der Waals surface area contributed by atoms with E-state index in [2.05, 4.69) is 52.3 Å². The molecule has 1 aliphatic rings. The van der Waals surface area contributed by atoms with Crippen molar-refractivity contribution in [2.24, 2.45) is 4.99 Å². The lowest BCUT2D eigenvalue weighted by Crippen LogP contribution is -2.41. The van der Waals surface area contributed by atoms with Gasteiger partial charge in [-0.1, -0.05) is 0 Å². The zero-order chi connectivity index (χ0) is 15.2. The van der Waals surface area contributed by atoms with Gasteiger partial charge in [0.15, 0.2) is 17.5 Å². The Balaban J connectivity index is 0.00000242. The fraction of sp³-hybridized carbons (Fsp3) is 0.533. The summed E-state index contributed by atoms with van der Waals surface area (Å²) >= 11 is 3.53. The van der Waals surface area contributed by atoms with E-state index in [0.717, 1.165) is 34.0 Å². The molecule has 7 heteroatoms. The van der Waals surface area contributed by atoms with E-state index in [-0.39, 0.29) is 24.0 Å². The van der Waals surface area contributed by atoms with Gasteiger partial charge in [0, 0.05) is 12.6 Å². The maximum atomic E-state index is 5.63. The first-order valence-electron chi connectivity index (χ1n) is 7.23. The highest BCUT2D eigenvalue weighted by Crippen LogP contribution is 2.38. The van der Waals surface area contributed by atoms with Crippen molar-refractivity contribution in [3.05, 3.63) is 22.2 Å². The van der Waals surface area contributed by atoms with Gasteiger partial charge in [-0.2, -0.15) is 0 Å². The second-order valence-electron chi connectivity index (χ2n) is 5.10. The molecule has 124 valence electrons. The lowest BCUT2D eigenvalue weighted by Gasteiger charge is -2.20. The number of hydrogen-bond acceptors (Lipinski definition) is 3. The van der Waals surface area contributed by atoms with Gasteiger partial charge >= 0.3 is 0 Å². The molecule has 2 rings (SSSR count). The molecule has 0 atom stereocenters. The standard InChI is InChI=1S/C15H22BrN3O2.HI/c1-4-17-15(19-10(2)3)18-9-11-7-12(16)14-13(8-11)20-5-6-21-14;/h7-8,10H,4-6,9H2,1-3H3,(H2,17,18,19);1H. The molecular weight excluding hydrogens is 461 g/mol. The minimum Gasteiger partial charge on any atom is -0.486 e. The summed E-state index contributed by atoms with van der Waals surface area (Å²) in [4.78, 5) is 4.59. The molecule has 0 unspecified atom stereocenters. The third-order valence-corrected chi connectivity index (χ3v) is 3.44. The van der Waals surface area contributed by atoms with Crippen LogP contribution in [0.3, 0.4) is 0 Å². The summed E-state index contributed by atoms with van der Waals surface area (Å²) in [6, 6.07) is 4.35. The number of guanidine groups is 1. The molecule has 2 N–H and O–H groups in total. The van der Waals surface area contributed by atoms with E-state index in [0.29, 0.717) is 25.8 Å². The molecule has 1 aliphatic heterocycles. The van der Waals surface area contributed by atoms with Crippen molar-refractivity contribution in [1.29, 1.82) is 0 Å². The molecule has 0 amide bonds. The molecule has 0 fully saturated rings. The molecule has 0 radical (unpaired) electrons. The lowest BCUT2D eigenvalue weighted by atomic mass is 10.2. The van der Waals surface area contributed by atoms with E-state index < -0.39 is 0 Å². The van der Waals surface area contributed by atoms with E-state index >= 15 is 0 Å². The third-order valence-electron chi connectivity index (χ3n) is 2.85. The molecule has 5 nitrogen and oxygen atoms in total. The molecule has 1 aromatic rings. The number of benzene rings is 1. The third kappa shape index (κ3) is 5.49. The van der Waals surface area contributed by atoms with Crippen molar-refractivity contribution in [3.8, 4) is 11.5 Å². The Labute approximate surface area is 157 Å². The van der Waals surface area contributed by atoms with Crippen LogP contribution in [-0.4, -0.2) is 31.8 Å². The van der Waals surface area contributed by atoms with Crippen LogP contribution >= 0.6 is 39.9 Å². The van der Waals surface area contributed by atoms with Crippen molar-refractivity contribution in [2.45, 2.75) is 33.4 Å². The number of rotatable bonds is 4. The average molecular weight is 484 g/mol. The molecule has 0 bridgehead atoms. The Morgan fingerprint density at radius 1 is 1.32 bits per heavy atom. The summed E-state index contributed by atoms with van der Waals surface area (Å²) in [6.07, 6.45) is 0. The summed E-state index contributed by atoms with van der Waals surface area (Å²) < 4.78 is 12.1. The number of halogens is 2. The van der Waals surface area contributed by atoms with Crippen molar-refractivity contribution < 1.29 is 9.47 Å². The zero-order valence-corrected chi connectivity index (χ0v) is 17.0. The molecule has 22 heavy (non-hydrogen) atoms. The largest absolute Gasteiger partial charge is 0.486 e. The quantitative estimate of drug-likeness (QED) is 0.392. The predicted molar refractivity (Wildman–Crippen MR) is 104 cm³/mol. The van der Waals surface area contributed by atoms with E-state index in [1.807, 2.05) is 12.1 Å². The van der Waals surface area contributed by atoms with Crippen LogP contribution in [0.5, 0.6) is 11.5 Å². The van der Waals surface area contributed by atoms with Crippen LogP contribution in [-0.2, 0) is 6.54 Å². The number of hydrogen-bond donors (Lipinski definition) is 2. The molecule has 0 aliphatic carbocycles. The smallest absolute Gasteiger partial charge is 0.191 e. The molecule has 0 aromatic heterocycles. The maximum Gasteiger partial charge on any atom is 0.191 e. The highest BCUT2D eigenvalue weighted by molar-refractivity contribution is 14.0. The first-order chi connectivity index (χ1) is 10.1. The second-order valence-corrected chi connectivity index (χ2v) is 5.95. The summed E-state index contributed by atoms with van der Waals surface area (Å²) in [5, 5.41) is 6.53. The lowest BCUT2D eigenvalue weighted by molar-refractivity contribution is 0.170. The van der Waals surface area contributed by atoms with Crippen LogP contribution in [0.15, 0.2) is 21.6 Å². The summed E-state index contributed by atoms with van der Waals surface area (Å²) in [6.45, 7) is 8.83. The Kier molecular flexibility index (Phi) is 8.30. The fourth-order valence-electron chi connectivity index (χ4n) is 2.02. The fourth-order valence-corrected chi connectivity index (χ4v) is 2.62. The van der Waals surface area contributed by atoms with Gasteiger partial charge in [0.25, 0.3) is 0 Å². The SMILES string of the molecule is CCNC(=NCc1cc(Br)c2c(c1)OCCO2)NC(C)C.I. The van der Waals surface area contributed by atoms with Crippen molar-refractivity contribution >= 4 is 45.9 Å². The number of ether oxygens (including phenoxy) is 2. The van der Waals surface area contributed by atoms with Crippen LogP contribution in [0.25, 0.3) is 0 Å². The van der Waals surface area contributed by atoms with Crippen molar-refractivity contribution in [2.75, 3.05) is 19.8 Å². The van der Waals surface area contributed by atoms with Gasteiger partial charge in [0.2, 0.25) is 0 Å². The topological polar surface area (TPSA) is 54.9 Å². The predicted octanol–water partition coefficient (Wildman–Crippen LogP) is 3.30. The van der Waals surface area contributed by atoms with Gasteiger partial charge in [-0.15, -0.1) is 24.0 Å². The van der Waals surface area contributed by atoms with E-state index in [4.69, 9.17) is 9.47 Å². The first kappa shape index (κ1) is 19.3. The van der Waals surface area contributed by atoms with Crippen LogP contribution in [0.1, 0.15) is 26.3 Å². The molecule has 1 heterocycles. The Bertz CT molecular complexity index is 524. The highest BCUT2D eigenvalue weighted by atomic mass is 127. The van der Waals surface area contributed by atoms with Gasteiger partial charge in [0.1, 0.15) is 13.2 Å². The van der Waals surface area contributed by atoms with Crippen molar-refractivity contribution in [3.63, 3.8) is 0 Å². The summed E-state index contributed by atoms with van der Waals surface area (Å²) in [5.74, 6) is 2.38. The number of nitrogens with zero attached hydrogens (tertiary/aromatic N) is 1. The van der Waals surface area contributed by atoms with Gasteiger partial charge in [-0.05, 0) is 54.4 Å². The minimum atomic E-state index is 0. The Hall–Kier alpha value is -0.700. The Morgan fingerprint density at radius 3 is 2.73 bits per heavy atom. The Morgan fingerprint density at radius 2 is 2.05 bits per heavy atom. The summed E-state index contributed by atoms with van der Waals surface area (Å²) in [7, 11) is 0. The molecule has 0 spiro atoms. The number of aliphatic imine (C=N–C) groups is 1. The normalized spacial score (nSPS) is 13.6. The van der Waals surface area contributed by atoms with Gasteiger partial charge in [-0.3, -0.25) is 0 Å². The van der Waals surface area contributed by atoms with E-state index in [1.54, 1.807) is 0 Å². The average Bonchev–Trinajstić information content (AvgIpc) is 2.44. The molecule has 0 saturated carbocycles. The molecule has 0 saturated heterocycles. The maximum absolute atomic E-state index is 5.63. The highest BCUT2D eigenvalue weighted by Gasteiger charge is 2.16. The molecule has 1 aromatic carbocycles. The van der Waals surface area contributed by atoms with Crippen LogP contribution < -0.4 is 20.1 Å². The van der Waals surface area contributed by atoms with E-state index in [9.17, 15) is 0 Å². The van der Waals surface area contributed by atoms with Gasteiger partial charge in [0.05, 0.1) is 11.0 Å². The number of fused-ring (bicyclic) bond motifs is 1. The first-order valence-corrected chi connectivity index (χ1v) is 8.02. The van der Waals surface area contributed by atoms with Gasteiger partial charge < -0.3 is 20.1 Å². The van der Waals surface area contributed by atoms with Crippen LogP contribution in [0, 0.1) is 0 Å². The number of nitrogens with one attached hydrogen (secondary N) is 2. The monoisotopic (exact) mass is 483 g/mol. The zero-order valence-electron chi connectivity index (χ0n) is 13.1. The van der Waals surface area contributed by atoms with Gasteiger partial charge in [-0.25, -0.2) is 4.99 Å². The summed E-state index contributed by atoms with van der Waals surface area (Å²) in [5.41, 5.74) is 1.08. The van der Waals surface area contributed by atoms with Crippen LogP contribution in [0.2, 0.25) is 0 Å².